The normalized spacial score (nSPS) is 10.7. The van der Waals surface area contributed by atoms with E-state index in [2.05, 4.69) is 22.1 Å². The van der Waals surface area contributed by atoms with Crippen LogP contribution in [0, 0.1) is 11.8 Å². The Balaban J connectivity index is 2.60. The molecule has 1 amide bonds. The Kier molecular flexibility index (Phi) is 6.69. The first-order valence-electron chi connectivity index (χ1n) is 6.33. The summed E-state index contributed by atoms with van der Waals surface area (Å²) in [6, 6.07) is 1.45. The van der Waals surface area contributed by atoms with Gasteiger partial charge in [-0.2, -0.15) is 13.2 Å². The molecule has 2 N–H and O–H groups in total. The molecule has 0 bridgehead atoms. The lowest BCUT2D eigenvalue weighted by Gasteiger charge is -2.08. The molecule has 0 atom stereocenters. The fourth-order valence-electron chi connectivity index (χ4n) is 1.49. The van der Waals surface area contributed by atoms with Gasteiger partial charge in [-0.1, -0.05) is 11.8 Å². The number of hydrogen-bond acceptors (Lipinski definition) is 3. The summed E-state index contributed by atoms with van der Waals surface area (Å²) < 4.78 is 35.9. The summed E-state index contributed by atoms with van der Waals surface area (Å²) in [5, 5.41) is 11.1. The van der Waals surface area contributed by atoms with E-state index in [0.717, 1.165) is 0 Å². The van der Waals surface area contributed by atoms with Gasteiger partial charge >= 0.3 is 6.18 Å². The number of nitrogens with one attached hydrogen (secondary N) is 1. The fourth-order valence-corrected chi connectivity index (χ4v) is 1.49. The van der Waals surface area contributed by atoms with Gasteiger partial charge in [0.2, 0.25) is 0 Å². The smallest absolute Gasteiger partial charge is 0.389 e. The number of nitrogens with zero attached hydrogens (tertiary/aromatic N) is 1. The summed E-state index contributed by atoms with van der Waals surface area (Å²) in [7, 11) is 0. The number of alkyl halides is 3. The molecule has 0 aromatic carbocycles. The van der Waals surface area contributed by atoms with Crippen LogP contribution in [0.5, 0.6) is 0 Å². The predicted octanol–water partition coefficient (Wildman–Crippen LogP) is 1.89. The van der Waals surface area contributed by atoms with Crippen LogP contribution >= 0.6 is 0 Å². The van der Waals surface area contributed by atoms with Gasteiger partial charge in [-0.25, -0.2) is 0 Å². The number of aliphatic hydroxyl groups excluding tert-OH is 1. The van der Waals surface area contributed by atoms with Crippen LogP contribution in [-0.2, 0) is 0 Å². The highest BCUT2D eigenvalue weighted by Gasteiger charge is 2.26. The van der Waals surface area contributed by atoms with Crippen molar-refractivity contribution in [2.24, 2.45) is 0 Å². The molecular weight excluding hydrogens is 285 g/mol. The maximum Gasteiger partial charge on any atom is 0.389 e. The Morgan fingerprint density at radius 3 is 2.86 bits per heavy atom. The van der Waals surface area contributed by atoms with Crippen LogP contribution in [-0.4, -0.2) is 35.3 Å². The van der Waals surface area contributed by atoms with Gasteiger partial charge in [0, 0.05) is 31.8 Å². The second-order valence-corrected chi connectivity index (χ2v) is 4.17. The van der Waals surface area contributed by atoms with E-state index in [1.54, 1.807) is 0 Å². The number of hydrogen-bond donors (Lipinski definition) is 2. The highest BCUT2D eigenvalue weighted by molar-refractivity contribution is 5.96. The van der Waals surface area contributed by atoms with E-state index in [-0.39, 0.29) is 31.6 Å². The van der Waals surface area contributed by atoms with Crippen molar-refractivity contribution >= 4 is 5.91 Å². The maximum absolute atomic E-state index is 12.0. The van der Waals surface area contributed by atoms with Gasteiger partial charge in [-0.3, -0.25) is 9.78 Å². The molecule has 1 rings (SSSR count). The molecule has 0 unspecified atom stereocenters. The largest absolute Gasteiger partial charge is 0.395 e. The Labute approximate surface area is 120 Å². The van der Waals surface area contributed by atoms with Crippen LogP contribution in [0.4, 0.5) is 13.2 Å². The van der Waals surface area contributed by atoms with Crippen LogP contribution in [0.15, 0.2) is 18.5 Å². The molecule has 0 spiro atoms. The molecule has 0 saturated carbocycles. The average molecular weight is 300 g/mol. The number of pyridine rings is 1. The number of carbonyl (C=O) groups is 1. The standard InChI is InChI=1S/C14H15F3N2O2/c15-14(16,17)6-3-7-19-13(21)12-5-8-18-10-11(12)4-1-2-9-20/h5,8,10,20H,2-3,6-7,9H2,(H,19,21). The second kappa shape index (κ2) is 8.27. The zero-order chi connectivity index (χ0) is 15.7. The fraction of sp³-hybridized carbons (Fsp3) is 0.429. The number of amides is 1. The number of aromatic nitrogens is 1. The van der Waals surface area contributed by atoms with E-state index in [1.807, 2.05) is 0 Å². The SMILES string of the molecule is O=C(NCCCC(F)(F)F)c1ccncc1C#CCCO. The third kappa shape index (κ3) is 6.77. The van der Waals surface area contributed by atoms with Crippen molar-refractivity contribution in [3.63, 3.8) is 0 Å². The molecule has 21 heavy (non-hydrogen) atoms. The summed E-state index contributed by atoms with van der Waals surface area (Å²) in [5.74, 6) is 4.87. The molecule has 114 valence electrons. The average Bonchev–Trinajstić information content (AvgIpc) is 2.43. The summed E-state index contributed by atoms with van der Waals surface area (Å²) in [5.41, 5.74) is 0.627. The number of carbonyl (C=O) groups excluding carboxylic acids is 1. The first-order valence-corrected chi connectivity index (χ1v) is 6.33. The molecule has 0 radical (unpaired) electrons. The minimum Gasteiger partial charge on any atom is -0.395 e. The van der Waals surface area contributed by atoms with Crippen LogP contribution in [0.3, 0.4) is 0 Å². The Morgan fingerprint density at radius 1 is 1.43 bits per heavy atom. The van der Waals surface area contributed by atoms with Crippen LogP contribution in [0.1, 0.15) is 35.2 Å². The number of halogens is 3. The first-order chi connectivity index (χ1) is 9.94. The van der Waals surface area contributed by atoms with Gasteiger partial charge in [0.25, 0.3) is 5.91 Å². The molecule has 0 aliphatic heterocycles. The highest BCUT2D eigenvalue weighted by Crippen LogP contribution is 2.20. The van der Waals surface area contributed by atoms with Gasteiger partial charge in [0.05, 0.1) is 17.7 Å². The highest BCUT2D eigenvalue weighted by atomic mass is 19.4. The van der Waals surface area contributed by atoms with Crippen molar-refractivity contribution in [2.45, 2.75) is 25.4 Å². The summed E-state index contributed by atoms with van der Waals surface area (Å²) >= 11 is 0. The van der Waals surface area contributed by atoms with E-state index in [4.69, 9.17) is 5.11 Å². The van der Waals surface area contributed by atoms with Crippen molar-refractivity contribution in [1.82, 2.24) is 10.3 Å². The van der Waals surface area contributed by atoms with Gasteiger partial charge in [0.15, 0.2) is 0 Å². The minimum absolute atomic E-state index is 0.0653. The molecule has 1 aromatic heterocycles. The van der Waals surface area contributed by atoms with E-state index >= 15 is 0 Å². The van der Waals surface area contributed by atoms with E-state index < -0.39 is 18.5 Å². The molecule has 1 heterocycles. The topological polar surface area (TPSA) is 62.2 Å². The van der Waals surface area contributed by atoms with Gasteiger partial charge < -0.3 is 10.4 Å². The zero-order valence-electron chi connectivity index (χ0n) is 11.2. The van der Waals surface area contributed by atoms with Crippen molar-refractivity contribution in [1.29, 1.82) is 0 Å². The Hall–Kier alpha value is -2.07. The third-order valence-corrected chi connectivity index (χ3v) is 2.45. The van der Waals surface area contributed by atoms with Crippen molar-refractivity contribution < 1.29 is 23.1 Å². The molecule has 0 aliphatic carbocycles. The van der Waals surface area contributed by atoms with Crippen LogP contribution in [0.2, 0.25) is 0 Å². The van der Waals surface area contributed by atoms with Crippen LogP contribution < -0.4 is 5.32 Å². The lowest BCUT2D eigenvalue weighted by atomic mass is 10.1. The Morgan fingerprint density at radius 2 is 2.19 bits per heavy atom. The third-order valence-electron chi connectivity index (χ3n) is 2.45. The first kappa shape index (κ1) is 17.0. The molecule has 7 heteroatoms. The summed E-state index contributed by atoms with van der Waals surface area (Å²) in [4.78, 5) is 15.7. The van der Waals surface area contributed by atoms with E-state index in [9.17, 15) is 18.0 Å². The minimum atomic E-state index is -4.22. The van der Waals surface area contributed by atoms with E-state index in [1.165, 1.54) is 18.5 Å². The van der Waals surface area contributed by atoms with Crippen molar-refractivity contribution in [2.75, 3.05) is 13.2 Å². The predicted molar refractivity (Wildman–Crippen MR) is 70.4 cm³/mol. The van der Waals surface area contributed by atoms with Gasteiger partial charge in [-0.05, 0) is 12.5 Å². The molecule has 1 aromatic rings. The summed E-state index contributed by atoms with van der Waals surface area (Å²) in [6.45, 7) is -0.156. The molecule has 0 fully saturated rings. The quantitative estimate of drug-likeness (QED) is 0.645. The lowest BCUT2D eigenvalue weighted by molar-refractivity contribution is -0.135. The molecule has 0 saturated heterocycles. The summed E-state index contributed by atoms with van der Waals surface area (Å²) in [6.07, 6.45) is -2.26. The monoisotopic (exact) mass is 300 g/mol. The van der Waals surface area contributed by atoms with Crippen molar-refractivity contribution in [3.8, 4) is 11.8 Å². The molecular formula is C14H15F3N2O2. The van der Waals surface area contributed by atoms with E-state index in [0.29, 0.717) is 5.56 Å². The number of rotatable bonds is 5. The van der Waals surface area contributed by atoms with Gasteiger partial charge in [0.1, 0.15) is 0 Å². The molecule has 0 aliphatic rings. The zero-order valence-corrected chi connectivity index (χ0v) is 11.2. The lowest BCUT2D eigenvalue weighted by Crippen LogP contribution is -2.26. The van der Waals surface area contributed by atoms with Crippen LogP contribution in [0.25, 0.3) is 0 Å². The van der Waals surface area contributed by atoms with Gasteiger partial charge in [-0.15, -0.1) is 0 Å². The maximum atomic E-state index is 12.0. The number of aliphatic hydroxyl groups is 1. The Bertz CT molecular complexity index is 533. The van der Waals surface area contributed by atoms with Crippen molar-refractivity contribution in [3.05, 3.63) is 29.6 Å². The molecule has 4 nitrogen and oxygen atoms in total. The second-order valence-electron chi connectivity index (χ2n) is 4.17.